The number of hydrogen-bond acceptors (Lipinski definition) is 2. The Labute approximate surface area is 156 Å². The molecule has 1 aliphatic rings. The van der Waals surface area contributed by atoms with Crippen LogP contribution in [0, 0.1) is 0 Å². The molecule has 0 radical (unpaired) electrons. The van der Waals surface area contributed by atoms with Gasteiger partial charge in [-0.25, -0.2) is 4.79 Å². The first kappa shape index (κ1) is 18.5. The minimum absolute atomic E-state index is 0.0609. The van der Waals surface area contributed by atoms with Crippen molar-refractivity contribution in [3.05, 3.63) is 65.7 Å². The van der Waals surface area contributed by atoms with Crippen LogP contribution in [0.5, 0.6) is 0 Å². The molecule has 1 atom stereocenters. The summed E-state index contributed by atoms with van der Waals surface area (Å²) in [5.74, 6) is 0. The van der Waals surface area contributed by atoms with Crippen LogP contribution in [0.2, 0.25) is 0 Å². The predicted molar refractivity (Wildman–Crippen MR) is 106 cm³/mol. The molecule has 1 saturated heterocycles. The number of ether oxygens (including phenoxy) is 1. The maximum absolute atomic E-state index is 12.4. The van der Waals surface area contributed by atoms with Gasteiger partial charge in [-0.05, 0) is 55.4 Å². The molecule has 0 aliphatic carbocycles. The highest BCUT2D eigenvalue weighted by Crippen LogP contribution is 2.18. The lowest BCUT2D eigenvalue weighted by Gasteiger charge is -2.19. The molecule has 0 spiro atoms. The summed E-state index contributed by atoms with van der Waals surface area (Å²) in [7, 11) is 1.85. The van der Waals surface area contributed by atoms with E-state index in [4.69, 9.17) is 4.74 Å². The Bertz CT molecular complexity index is 696. The summed E-state index contributed by atoms with van der Waals surface area (Å²) in [6.45, 7) is 1.63. The first-order chi connectivity index (χ1) is 12.7. The Morgan fingerprint density at radius 3 is 2.73 bits per heavy atom. The fourth-order valence-corrected chi connectivity index (χ4v) is 3.34. The molecule has 0 saturated carbocycles. The standard InChI is InChI=1S/C22H28N2O2/c1-24(14-6-12-21-13-7-15-26-21)22(25)23-20-11-5-10-19(17-20)16-18-8-3-2-4-9-18/h2-5,8-11,17,21H,6-7,12-16H2,1H3,(H,23,25)/t21-/m0/s1. The third-order valence-corrected chi connectivity index (χ3v) is 4.82. The second-order valence-corrected chi connectivity index (χ2v) is 6.99. The number of nitrogens with one attached hydrogen (secondary N) is 1. The summed E-state index contributed by atoms with van der Waals surface area (Å²) in [6, 6.07) is 18.4. The van der Waals surface area contributed by atoms with Crippen LogP contribution < -0.4 is 5.32 Å². The first-order valence-corrected chi connectivity index (χ1v) is 9.47. The molecule has 1 N–H and O–H groups in total. The molecule has 0 unspecified atom stereocenters. The number of amides is 2. The maximum Gasteiger partial charge on any atom is 0.321 e. The number of carbonyl (C=O) groups is 1. The van der Waals surface area contributed by atoms with Crippen molar-refractivity contribution >= 4 is 11.7 Å². The molecule has 0 bridgehead atoms. The molecule has 1 aliphatic heterocycles. The van der Waals surface area contributed by atoms with E-state index in [0.717, 1.165) is 44.5 Å². The zero-order chi connectivity index (χ0) is 18.2. The first-order valence-electron chi connectivity index (χ1n) is 9.47. The van der Waals surface area contributed by atoms with Crippen LogP contribution >= 0.6 is 0 Å². The normalized spacial score (nSPS) is 16.4. The second-order valence-electron chi connectivity index (χ2n) is 6.99. The number of carbonyl (C=O) groups excluding carboxylic acids is 1. The highest BCUT2D eigenvalue weighted by atomic mass is 16.5. The number of rotatable bonds is 7. The van der Waals surface area contributed by atoms with Crippen molar-refractivity contribution in [3.63, 3.8) is 0 Å². The number of urea groups is 1. The molecule has 2 aromatic carbocycles. The fraction of sp³-hybridized carbons (Fsp3) is 0.409. The van der Waals surface area contributed by atoms with Crippen LogP contribution in [-0.2, 0) is 11.2 Å². The molecule has 4 heteroatoms. The van der Waals surface area contributed by atoms with E-state index < -0.39 is 0 Å². The molecule has 1 fully saturated rings. The molecule has 26 heavy (non-hydrogen) atoms. The van der Waals surface area contributed by atoms with Crippen molar-refractivity contribution in [1.82, 2.24) is 4.90 Å². The topological polar surface area (TPSA) is 41.6 Å². The van der Waals surface area contributed by atoms with Crippen LogP contribution in [0.25, 0.3) is 0 Å². The highest BCUT2D eigenvalue weighted by Gasteiger charge is 2.16. The fourth-order valence-electron chi connectivity index (χ4n) is 3.34. The zero-order valence-electron chi connectivity index (χ0n) is 15.5. The summed E-state index contributed by atoms with van der Waals surface area (Å²) in [4.78, 5) is 14.1. The number of hydrogen-bond donors (Lipinski definition) is 1. The van der Waals surface area contributed by atoms with Crippen LogP contribution in [0.1, 0.15) is 36.8 Å². The van der Waals surface area contributed by atoms with Crippen molar-refractivity contribution in [3.8, 4) is 0 Å². The molecular formula is C22H28N2O2. The van der Waals surface area contributed by atoms with Gasteiger partial charge < -0.3 is 15.0 Å². The van der Waals surface area contributed by atoms with Gasteiger partial charge >= 0.3 is 6.03 Å². The lowest BCUT2D eigenvalue weighted by molar-refractivity contribution is 0.101. The predicted octanol–water partition coefficient (Wildman–Crippen LogP) is 4.70. The largest absolute Gasteiger partial charge is 0.378 e. The monoisotopic (exact) mass is 352 g/mol. The summed E-state index contributed by atoms with van der Waals surface area (Å²) in [5, 5.41) is 3.00. The minimum atomic E-state index is -0.0609. The van der Waals surface area contributed by atoms with Gasteiger partial charge in [0.2, 0.25) is 0 Å². The number of anilines is 1. The summed E-state index contributed by atoms with van der Waals surface area (Å²) >= 11 is 0. The number of nitrogens with zero attached hydrogens (tertiary/aromatic N) is 1. The molecule has 1 heterocycles. The Morgan fingerprint density at radius 2 is 1.96 bits per heavy atom. The van der Waals surface area contributed by atoms with Gasteiger partial charge in [-0.2, -0.15) is 0 Å². The number of benzene rings is 2. The highest BCUT2D eigenvalue weighted by molar-refractivity contribution is 5.89. The average Bonchev–Trinajstić information content (AvgIpc) is 3.16. The van der Waals surface area contributed by atoms with Crippen molar-refractivity contribution in [1.29, 1.82) is 0 Å². The van der Waals surface area contributed by atoms with Crippen LogP contribution in [0.4, 0.5) is 10.5 Å². The van der Waals surface area contributed by atoms with Gasteiger partial charge in [-0.1, -0.05) is 42.5 Å². The van der Waals surface area contributed by atoms with Gasteiger partial charge in [0.05, 0.1) is 6.10 Å². The average molecular weight is 352 g/mol. The van der Waals surface area contributed by atoms with E-state index in [1.807, 2.05) is 43.4 Å². The molecule has 0 aromatic heterocycles. The molecule has 2 amide bonds. The van der Waals surface area contributed by atoms with Crippen molar-refractivity contribution in [2.45, 2.75) is 38.2 Å². The van der Waals surface area contributed by atoms with E-state index in [1.54, 1.807) is 4.90 Å². The molecular weight excluding hydrogens is 324 g/mol. The lowest BCUT2D eigenvalue weighted by atomic mass is 10.0. The van der Waals surface area contributed by atoms with E-state index in [9.17, 15) is 4.79 Å². The van der Waals surface area contributed by atoms with Gasteiger partial charge in [-0.15, -0.1) is 0 Å². The smallest absolute Gasteiger partial charge is 0.321 e. The maximum atomic E-state index is 12.4. The van der Waals surface area contributed by atoms with E-state index in [-0.39, 0.29) is 6.03 Å². The van der Waals surface area contributed by atoms with Crippen LogP contribution in [0.3, 0.4) is 0 Å². The van der Waals surface area contributed by atoms with Crippen LogP contribution in [-0.4, -0.2) is 37.2 Å². The molecule has 2 aromatic rings. The summed E-state index contributed by atoms with van der Waals surface area (Å²) < 4.78 is 5.63. The molecule has 3 rings (SSSR count). The third kappa shape index (κ3) is 5.60. The Kier molecular flexibility index (Phi) is 6.67. The second kappa shape index (κ2) is 9.39. The zero-order valence-corrected chi connectivity index (χ0v) is 15.5. The quantitative estimate of drug-likeness (QED) is 0.785. The van der Waals surface area contributed by atoms with Crippen molar-refractivity contribution in [2.75, 3.05) is 25.5 Å². The van der Waals surface area contributed by atoms with E-state index >= 15 is 0 Å². The SMILES string of the molecule is CN(CCC[C@H]1CCCO1)C(=O)Nc1cccc(Cc2ccccc2)c1. The van der Waals surface area contributed by atoms with Gasteiger partial charge in [0.25, 0.3) is 0 Å². The van der Waals surface area contributed by atoms with Crippen molar-refractivity contribution in [2.24, 2.45) is 0 Å². The van der Waals surface area contributed by atoms with Gasteiger partial charge in [0.15, 0.2) is 0 Å². The van der Waals surface area contributed by atoms with Gasteiger partial charge in [0.1, 0.15) is 0 Å². The van der Waals surface area contributed by atoms with Crippen molar-refractivity contribution < 1.29 is 9.53 Å². The van der Waals surface area contributed by atoms with Gasteiger partial charge in [-0.3, -0.25) is 0 Å². The van der Waals surface area contributed by atoms with E-state index in [2.05, 4.69) is 23.5 Å². The Morgan fingerprint density at radius 1 is 1.15 bits per heavy atom. The Balaban J connectivity index is 1.47. The summed E-state index contributed by atoms with van der Waals surface area (Å²) in [6.07, 6.45) is 5.58. The third-order valence-electron chi connectivity index (χ3n) is 4.82. The van der Waals surface area contributed by atoms with Gasteiger partial charge in [0, 0.05) is 25.9 Å². The molecule has 4 nitrogen and oxygen atoms in total. The summed E-state index contributed by atoms with van der Waals surface area (Å²) in [5.41, 5.74) is 3.30. The Hall–Kier alpha value is -2.33. The molecule has 138 valence electrons. The minimum Gasteiger partial charge on any atom is -0.378 e. The lowest BCUT2D eigenvalue weighted by Crippen LogP contribution is -2.32. The van der Waals surface area contributed by atoms with E-state index in [0.29, 0.717) is 6.10 Å². The van der Waals surface area contributed by atoms with E-state index in [1.165, 1.54) is 17.5 Å². The van der Waals surface area contributed by atoms with Crippen LogP contribution in [0.15, 0.2) is 54.6 Å².